The third kappa shape index (κ3) is 2.58. The van der Waals surface area contributed by atoms with Gasteiger partial charge in [-0.1, -0.05) is 17.7 Å². The molecule has 0 saturated heterocycles. The normalized spacial score (nSPS) is 18.0. The first-order valence-electron chi connectivity index (χ1n) is 3.90. The molecular weight excluding hydrogens is 136 g/mol. The summed E-state index contributed by atoms with van der Waals surface area (Å²) in [6.07, 6.45) is 8.56. The van der Waals surface area contributed by atoms with Crippen LogP contribution in [-0.2, 0) is 0 Å². The Morgan fingerprint density at radius 2 is 2.45 bits per heavy atom. The summed E-state index contributed by atoms with van der Waals surface area (Å²) in [5.41, 5.74) is 5.38. The average molecular weight is 150 g/mol. The van der Waals surface area contributed by atoms with Crippen molar-refractivity contribution >= 4 is 6.21 Å². The minimum atomic E-state index is 1.15. The van der Waals surface area contributed by atoms with E-state index in [0.717, 1.165) is 6.42 Å². The summed E-state index contributed by atoms with van der Waals surface area (Å²) in [4.78, 5) is 0. The molecule has 60 valence electrons. The SMILES string of the molecule is CN/N=C/C1=CCCC(C)=C1. The van der Waals surface area contributed by atoms with Crippen LogP contribution < -0.4 is 5.43 Å². The van der Waals surface area contributed by atoms with Gasteiger partial charge in [-0.05, 0) is 25.3 Å². The third-order valence-electron chi connectivity index (χ3n) is 1.67. The maximum absolute atomic E-state index is 3.94. The van der Waals surface area contributed by atoms with Crippen molar-refractivity contribution in [2.45, 2.75) is 19.8 Å². The lowest BCUT2D eigenvalue weighted by Crippen LogP contribution is -1.97. The van der Waals surface area contributed by atoms with Gasteiger partial charge in [0.2, 0.25) is 0 Å². The molecule has 0 aromatic carbocycles. The Balaban J connectivity index is 2.58. The van der Waals surface area contributed by atoms with Gasteiger partial charge in [0.15, 0.2) is 0 Å². The van der Waals surface area contributed by atoms with Gasteiger partial charge >= 0.3 is 0 Å². The van der Waals surface area contributed by atoms with Crippen LogP contribution in [0.5, 0.6) is 0 Å². The Kier molecular flexibility index (Phi) is 2.90. The Labute approximate surface area is 67.7 Å². The van der Waals surface area contributed by atoms with E-state index in [1.54, 1.807) is 7.05 Å². The molecule has 1 rings (SSSR count). The average Bonchev–Trinajstić information content (AvgIpc) is 2.01. The highest BCUT2D eigenvalue weighted by molar-refractivity contribution is 5.82. The highest BCUT2D eigenvalue weighted by atomic mass is 15.3. The molecule has 0 radical (unpaired) electrons. The molecule has 1 aliphatic rings. The molecule has 0 aromatic rings. The number of nitrogens with one attached hydrogen (secondary N) is 1. The van der Waals surface area contributed by atoms with Gasteiger partial charge in [0.05, 0.1) is 6.21 Å². The molecule has 0 amide bonds. The number of hydrogen-bond acceptors (Lipinski definition) is 2. The fourth-order valence-corrected chi connectivity index (χ4v) is 1.11. The monoisotopic (exact) mass is 150 g/mol. The van der Waals surface area contributed by atoms with Crippen LogP contribution in [-0.4, -0.2) is 13.3 Å². The largest absolute Gasteiger partial charge is 0.313 e. The molecule has 0 saturated carbocycles. The first-order chi connectivity index (χ1) is 5.33. The number of nitrogens with zero attached hydrogens (tertiary/aromatic N) is 1. The zero-order valence-corrected chi connectivity index (χ0v) is 7.09. The second-order valence-electron chi connectivity index (χ2n) is 2.72. The molecule has 2 nitrogen and oxygen atoms in total. The van der Waals surface area contributed by atoms with Crippen molar-refractivity contribution in [2.24, 2.45) is 5.10 Å². The molecule has 0 spiro atoms. The van der Waals surface area contributed by atoms with Gasteiger partial charge < -0.3 is 5.43 Å². The van der Waals surface area contributed by atoms with Crippen LogP contribution in [0, 0.1) is 0 Å². The molecular formula is C9H14N2. The maximum atomic E-state index is 3.94. The lowest BCUT2D eigenvalue weighted by Gasteiger charge is -2.05. The van der Waals surface area contributed by atoms with Crippen molar-refractivity contribution in [1.29, 1.82) is 0 Å². The summed E-state index contributed by atoms with van der Waals surface area (Å²) in [6, 6.07) is 0. The number of hydrogen-bond donors (Lipinski definition) is 1. The first kappa shape index (κ1) is 8.05. The van der Waals surface area contributed by atoms with Crippen molar-refractivity contribution in [3.63, 3.8) is 0 Å². The fourth-order valence-electron chi connectivity index (χ4n) is 1.11. The molecule has 0 bridgehead atoms. The lowest BCUT2D eigenvalue weighted by molar-refractivity contribution is 0.905. The minimum Gasteiger partial charge on any atom is -0.313 e. The van der Waals surface area contributed by atoms with Gasteiger partial charge in [0.1, 0.15) is 0 Å². The molecule has 0 atom stereocenters. The molecule has 11 heavy (non-hydrogen) atoms. The lowest BCUT2D eigenvalue weighted by atomic mass is 10.0. The van der Waals surface area contributed by atoms with Gasteiger partial charge in [0, 0.05) is 7.05 Å². The molecule has 0 aliphatic heterocycles. The fraction of sp³-hybridized carbons (Fsp3) is 0.444. The van der Waals surface area contributed by atoms with E-state index >= 15 is 0 Å². The van der Waals surface area contributed by atoms with E-state index in [-0.39, 0.29) is 0 Å². The van der Waals surface area contributed by atoms with E-state index in [0.29, 0.717) is 0 Å². The van der Waals surface area contributed by atoms with Crippen LogP contribution in [0.15, 0.2) is 28.4 Å². The Hall–Kier alpha value is -1.05. The second kappa shape index (κ2) is 3.96. The predicted octanol–water partition coefficient (Wildman–Crippen LogP) is 1.86. The highest BCUT2D eigenvalue weighted by Crippen LogP contribution is 2.14. The van der Waals surface area contributed by atoms with Gasteiger partial charge in [-0.3, -0.25) is 0 Å². The van der Waals surface area contributed by atoms with Crippen LogP contribution in [0.3, 0.4) is 0 Å². The Morgan fingerprint density at radius 1 is 1.64 bits per heavy atom. The number of hydrazone groups is 1. The predicted molar refractivity (Wildman–Crippen MR) is 48.6 cm³/mol. The summed E-state index contributed by atoms with van der Waals surface area (Å²) in [5, 5.41) is 3.94. The van der Waals surface area contributed by atoms with E-state index in [9.17, 15) is 0 Å². The molecule has 0 heterocycles. The molecule has 2 heteroatoms. The van der Waals surface area contributed by atoms with Crippen LogP contribution in [0.4, 0.5) is 0 Å². The van der Waals surface area contributed by atoms with E-state index in [1.165, 1.54) is 17.6 Å². The van der Waals surface area contributed by atoms with Gasteiger partial charge in [-0.25, -0.2) is 0 Å². The number of allylic oxidation sites excluding steroid dienone is 4. The first-order valence-corrected chi connectivity index (χ1v) is 3.90. The van der Waals surface area contributed by atoms with Gasteiger partial charge in [0.25, 0.3) is 0 Å². The van der Waals surface area contributed by atoms with Crippen molar-refractivity contribution in [1.82, 2.24) is 5.43 Å². The van der Waals surface area contributed by atoms with Crippen molar-refractivity contribution in [2.75, 3.05) is 7.05 Å². The van der Waals surface area contributed by atoms with Crippen molar-refractivity contribution < 1.29 is 0 Å². The Bertz CT molecular complexity index is 212. The zero-order valence-electron chi connectivity index (χ0n) is 7.09. The van der Waals surface area contributed by atoms with E-state index in [4.69, 9.17) is 0 Å². The summed E-state index contributed by atoms with van der Waals surface area (Å²) in [5.74, 6) is 0. The zero-order chi connectivity index (χ0) is 8.10. The molecule has 0 fully saturated rings. The minimum absolute atomic E-state index is 1.15. The smallest absolute Gasteiger partial charge is 0.0537 e. The topological polar surface area (TPSA) is 24.4 Å². The quantitative estimate of drug-likeness (QED) is 0.471. The Morgan fingerprint density at radius 3 is 3.09 bits per heavy atom. The highest BCUT2D eigenvalue weighted by Gasteiger charge is 1.97. The van der Waals surface area contributed by atoms with E-state index in [1.807, 2.05) is 6.21 Å². The molecule has 1 aliphatic carbocycles. The van der Waals surface area contributed by atoms with Crippen molar-refractivity contribution in [3.8, 4) is 0 Å². The van der Waals surface area contributed by atoms with E-state index in [2.05, 4.69) is 29.6 Å². The van der Waals surface area contributed by atoms with Crippen LogP contribution in [0.25, 0.3) is 0 Å². The maximum Gasteiger partial charge on any atom is 0.0537 e. The number of rotatable bonds is 2. The summed E-state index contributed by atoms with van der Waals surface area (Å²) in [7, 11) is 1.80. The summed E-state index contributed by atoms with van der Waals surface area (Å²) in [6.45, 7) is 2.15. The second-order valence-corrected chi connectivity index (χ2v) is 2.72. The van der Waals surface area contributed by atoms with Gasteiger partial charge in [-0.15, -0.1) is 0 Å². The summed E-state index contributed by atoms with van der Waals surface area (Å²) < 4.78 is 0. The van der Waals surface area contributed by atoms with E-state index < -0.39 is 0 Å². The van der Waals surface area contributed by atoms with Crippen LogP contribution >= 0.6 is 0 Å². The van der Waals surface area contributed by atoms with Crippen molar-refractivity contribution in [3.05, 3.63) is 23.3 Å². The molecule has 1 N–H and O–H groups in total. The molecule has 0 aromatic heterocycles. The van der Waals surface area contributed by atoms with Crippen LogP contribution in [0.1, 0.15) is 19.8 Å². The summed E-state index contributed by atoms with van der Waals surface area (Å²) >= 11 is 0. The van der Waals surface area contributed by atoms with Crippen LogP contribution in [0.2, 0.25) is 0 Å². The third-order valence-corrected chi connectivity index (χ3v) is 1.67. The standard InChI is InChI=1S/C9H14N2/c1-8-4-3-5-9(6-8)7-11-10-2/h5-7,10H,3-4H2,1-2H3/b11-7+. The molecule has 0 unspecified atom stereocenters. The van der Waals surface area contributed by atoms with Gasteiger partial charge in [-0.2, -0.15) is 5.10 Å².